The summed E-state index contributed by atoms with van der Waals surface area (Å²) in [6, 6.07) is -1.06. The monoisotopic (exact) mass is 593 g/mol. The Bertz CT molecular complexity index is 1270. The maximum absolute atomic E-state index is 12.9. The van der Waals surface area contributed by atoms with Crippen LogP contribution in [0.5, 0.6) is 0 Å². The van der Waals surface area contributed by atoms with E-state index < -0.39 is 45.7 Å². The van der Waals surface area contributed by atoms with Crippen molar-refractivity contribution >= 4 is 87.9 Å². The number of thioether (sulfide) groups is 2. The number of nitrogens with one attached hydrogen (secondary N) is 1. The number of halogens is 2. The van der Waals surface area contributed by atoms with Crippen molar-refractivity contribution in [2.45, 2.75) is 21.4 Å². The highest BCUT2D eigenvalue weighted by molar-refractivity contribution is 8.01. The number of fused-ring (bicyclic) bond motifs is 1. The Labute approximate surface area is 223 Å². The minimum absolute atomic E-state index is 0.0189. The smallest absolute Gasteiger partial charge is 0.367 e. The van der Waals surface area contributed by atoms with E-state index >= 15 is 0 Å². The number of β-lactam (4-membered cyclic amide) rings is 1. The number of nitrogens with zero attached hydrogens (tertiary/aromatic N) is 8. The molecular formula is C16H13Cl2N9O6S3. The molecular weight excluding hydrogens is 581 g/mol. The van der Waals surface area contributed by atoms with Crippen molar-refractivity contribution in [3.05, 3.63) is 23.2 Å². The van der Waals surface area contributed by atoms with Gasteiger partial charge in [-0.1, -0.05) is 40.1 Å². The van der Waals surface area contributed by atoms with Gasteiger partial charge in [0.2, 0.25) is 9.99 Å². The number of carbonyl (C=O) groups excluding carboxylic acids is 3. The van der Waals surface area contributed by atoms with E-state index in [9.17, 15) is 24.3 Å². The largest absolute Gasteiger partial charge is 0.477 e. The number of alkyl halides is 2. The Morgan fingerprint density at radius 3 is 2.81 bits per heavy atom. The summed E-state index contributed by atoms with van der Waals surface area (Å²) in [7, 11) is 1.65. The van der Waals surface area contributed by atoms with E-state index in [0.29, 0.717) is 16.5 Å². The lowest BCUT2D eigenvalue weighted by atomic mass is 10.0. The predicted molar refractivity (Wildman–Crippen MR) is 127 cm³/mol. The molecule has 2 atom stereocenters. The molecule has 1 unspecified atom stereocenters. The molecule has 2 aliphatic heterocycles. The van der Waals surface area contributed by atoms with Crippen LogP contribution in [0, 0.1) is 0 Å². The van der Waals surface area contributed by atoms with Crippen LogP contribution in [0.3, 0.4) is 0 Å². The molecule has 0 spiro atoms. The summed E-state index contributed by atoms with van der Waals surface area (Å²) in [5, 5.41) is 26.7. The molecule has 0 saturated carbocycles. The molecule has 1 fully saturated rings. The van der Waals surface area contributed by atoms with E-state index in [0.717, 1.165) is 16.6 Å². The number of hydrogen-bond acceptors (Lipinski definition) is 14. The fraction of sp³-hybridized carbons (Fsp3) is 0.375. The van der Waals surface area contributed by atoms with E-state index in [1.807, 2.05) is 0 Å². The first-order valence-corrected chi connectivity index (χ1v) is 13.2. The van der Waals surface area contributed by atoms with Crippen molar-refractivity contribution in [1.29, 1.82) is 0 Å². The van der Waals surface area contributed by atoms with E-state index in [1.54, 1.807) is 7.05 Å². The van der Waals surface area contributed by atoms with Crippen molar-refractivity contribution in [3.63, 3.8) is 0 Å². The van der Waals surface area contributed by atoms with Gasteiger partial charge in [0.15, 0.2) is 5.71 Å². The second kappa shape index (κ2) is 11.1. The molecule has 0 bridgehead atoms. The average Bonchev–Trinajstić information content (AvgIpc) is 3.52. The first-order chi connectivity index (χ1) is 17.2. The molecule has 20 heteroatoms. The molecule has 1 saturated heterocycles. The first kappa shape index (κ1) is 26.3. The van der Waals surface area contributed by atoms with Crippen LogP contribution in [0.25, 0.3) is 0 Å². The topological polar surface area (TPSA) is 195 Å². The Kier molecular flexibility index (Phi) is 8.08. The third kappa shape index (κ3) is 5.31. The van der Waals surface area contributed by atoms with Gasteiger partial charge in [-0.2, -0.15) is 8.75 Å². The third-order valence-corrected chi connectivity index (χ3v) is 7.99. The van der Waals surface area contributed by atoms with Crippen LogP contribution >= 0.6 is 58.5 Å². The highest BCUT2D eigenvalue weighted by atomic mass is 35.5. The van der Waals surface area contributed by atoms with Gasteiger partial charge in [0, 0.05) is 18.6 Å². The van der Waals surface area contributed by atoms with E-state index in [4.69, 9.17) is 23.2 Å². The zero-order valence-corrected chi connectivity index (χ0v) is 21.7. The van der Waals surface area contributed by atoms with Gasteiger partial charge in [-0.25, -0.2) is 14.3 Å². The Morgan fingerprint density at radius 2 is 2.19 bits per heavy atom. The number of carbonyl (C=O) groups is 4. The number of rotatable bonds is 9. The quantitative estimate of drug-likeness (QED) is 0.0955. The number of hydrogen-bond donors (Lipinski definition) is 2. The van der Waals surface area contributed by atoms with Crippen molar-refractivity contribution in [3.8, 4) is 0 Å². The number of amides is 2. The van der Waals surface area contributed by atoms with Crippen molar-refractivity contribution < 1.29 is 29.1 Å². The van der Waals surface area contributed by atoms with Crippen LogP contribution in [0.1, 0.15) is 5.69 Å². The number of carboxylic acid groups (broad SMARTS) is 1. The van der Waals surface area contributed by atoms with Gasteiger partial charge in [-0.15, -0.1) is 16.9 Å². The minimum atomic E-state index is -1.54. The highest BCUT2D eigenvalue weighted by Crippen LogP contribution is 2.41. The van der Waals surface area contributed by atoms with Gasteiger partial charge in [0.1, 0.15) is 22.8 Å². The summed E-state index contributed by atoms with van der Waals surface area (Å²) >= 11 is 14.1. The lowest BCUT2D eigenvalue weighted by Gasteiger charge is -2.49. The van der Waals surface area contributed by atoms with Crippen molar-refractivity contribution in [1.82, 2.24) is 39.2 Å². The molecule has 0 aromatic carbocycles. The summed E-state index contributed by atoms with van der Waals surface area (Å²) in [5.41, 5.74) is -0.107. The zero-order valence-electron chi connectivity index (χ0n) is 17.8. The molecule has 4 heterocycles. The second-order valence-corrected chi connectivity index (χ2v) is 10.6. The number of aryl methyl sites for hydroxylation is 1. The summed E-state index contributed by atoms with van der Waals surface area (Å²) in [6.45, 7) is 0. The molecule has 190 valence electrons. The van der Waals surface area contributed by atoms with Gasteiger partial charge < -0.3 is 15.3 Å². The van der Waals surface area contributed by atoms with Crippen molar-refractivity contribution in [2.75, 3.05) is 11.5 Å². The van der Waals surface area contributed by atoms with Crippen molar-refractivity contribution in [2.24, 2.45) is 12.2 Å². The summed E-state index contributed by atoms with van der Waals surface area (Å²) < 4.78 is 9.10. The van der Waals surface area contributed by atoms with Crippen LogP contribution in [-0.4, -0.2) is 96.2 Å². The summed E-state index contributed by atoms with van der Waals surface area (Å²) in [5.74, 6) is -3.38. The molecule has 15 nitrogen and oxygen atoms in total. The molecule has 0 radical (unpaired) electrons. The van der Waals surface area contributed by atoms with Crippen LogP contribution in [-0.2, 0) is 31.1 Å². The molecule has 2 aliphatic rings. The van der Waals surface area contributed by atoms with E-state index in [2.05, 4.69) is 39.6 Å². The molecule has 2 aromatic heterocycles. The van der Waals surface area contributed by atoms with Crippen LogP contribution in [0.4, 0.5) is 0 Å². The highest BCUT2D eigenvalue weighted by Gasteiger charge is 2.54. The second-order valence-electron chi connectivity index (χ2n) is 6.94. The molecule has 36 heavy (non-hydrogen) atoms. The molecule has 2 aromatic rings. The van der Waals surface area contributed by atoms with Gasteiger partial charge in [-0.05, 0) is 16.0 Å². The molecule has 2 amide bonds. The SMILES string of the molecule is Cn1nnnc1SCC1=C(C(=O)O)N2C(=O)C(NC(=O)C(=NOC(=O)C(Cl)Cl)c3cnsn3)[C@@H]2SC1. The predicted octanol–water partition coefficient (Wildman–Crippen LogP) is -0.357. The lowest BCUT2D eigenvalue weighted by molar-refractivity contribution is -0.150. The fourth-order valence-electron chi connectivity index (χ4n) is 3.10. The molecule has 4 rings (SSSR count). The lowest BCUT2D eigenvalue weighted by Crippen LogP contribution is -2.71. The number of aromatic nitrogens is 6. The van der Waals surface area contributed by atoms with Gasteiger partial charge >= 0.3 is 11.9 Å². The zero-order chi connectivity index (χ0) is 26.0. The van der Waals surface area contributed by atoms with E-state index in [1.165, 1.54) is 34.4 Å². The minimum Gasteiger partial charge on any atom is -0.477 e. The maximum Gasteiger partial charge on any atom is 0.367 e. The standard InChI is InChI=1S/C16H13Cl2N9O6S3/c1-26-16(21-24-25-26)35-4-5-3-34-13-8(12(29)27(13)9(5)14(30)31)20-11(28)7(6-2-19-36-23-6)22-33-15(32)10(17)18/h2,8,10,13H,3-4H2,1H3,(H,20,28)(H,30,31)/t8?,13-/m0/s1. The van der Waals surface area contributed by atoms with Crippen LogP contribution in [0.15, 0.2) is 27.8 Å². The summed E-state index contributed by atoms with van der Waals surface area (Å²) in [6.07, 6.45) is 1.21. The normalized spacial score (nSPS) is 19.7. The number of aliphatic carboxylic acids is 1. The average molecular weight is 594 g/mol. The van der Waals surface area contributed by atoms with E-state index in [-0.39, 0.29) is 17.1 Å². The van der Waals surface area contributed by atoms with Crippen LogP contribution in [0.2, 0.25) is 0 Å². The number of oxime groups is 1. The maximum atomic E-state index is 12.9. The summed E-state index contributed by atoms with van der Waals surface area (Å²) in [4.78, 5) is 53.5. The number of tetrazole rings is 1. The number of carboxylic acids is 1. The fourth-order valence-corrected chi connectivity index (χ4v) is 5.93. The van der Waals surface area contributed by atoms with Gasteiger partial charge in [0.05, 0.1) is 17.9 Å². The molecule has 2 N–H and O–H groups in total. The Balaban J connectivity index is 1.49. The Hall–Kier alpha value is -2.80. The van der Waals surface area contributed by atoms with Gasteiger partial charge in [-0.3, -0.25) is 14.5 Å². The van der Waals surface area contributed by atoms with Crippen LogP contribution < -0.4 is 5.32 Å². The molecule has 0 aliphatic carbocycles. The third-order valence-electron chi connectivity index (χ3n) is 4.72. The Morgan fingerprint density at radius 1 is 1.42 bits per heavy atom. The first-order valence-electron chi connectivity index (χ1n) is 9.60. The van der Waals surface area contributed by atoms with Gasteiger partial charge in [0.25, 0.3) is 11.8 Å².